The van der Waals surface area contributed by atoms with Crippen LogP contribution in [0.2, 0.25) is 0 Å². The lowest BCUT2D eigenvalue weighted by atomic mass is 9.97. The number of hydrogen-bond donors (Lipinski definition) is 0. The molecule has 2 aromatic carbocycles. The van der Waals surface area contributed by atoms with Crippen LogP contribution in [0.25, 0.3) is 11.0 Å². The molecule has 3 heterocycles. The number of alkyl halides is 2. The lowest BCUT2D eigenvalue weighted by Gasteiger charge is -2.24. The van der Waals surface area contributed by atoms with Gasteiger partial charge in [-0.05, 0) is 49.1 Å². The SMILES string of the molecule is [2H]C([2H])([2H])N1C(=O)c2cccc(OC(F)F)c2[C@H]2C[C@@H]1c1nc3ccc(C#CCC4CC4)cc3n12. The third-order valence-corrected chi connectivity index (χ3v) is 6.47. The highest BCUT2D eigenvalue weighted by Gasteiger charge is 2.45. The van der Waals surface area contributed by atoms with Crippen LogP contribution in [0.4, 0.5) is 8.78 Å². The lowest BCUT2D eigenvalue weighted by molar-refractivity contribution is -0.0507. The molecule has 7 heteroatoms. The second kappa shape index (κ2) is 7.06. The van der Waals surface area contributed by atoms with Crippen LogP contribution in [0.5, 0.6) is 5.75 Å². The Bertz CT molecular complexity index is 1420. The Labute approximate surface area is 188 Å². The van der Waals surface area contributed by atoms with E-state index in [9.17, 15) is 13.6 Å². The van der Waals surface area contributed by atoms with Crippen molar-refractivity contribution in [2.45, 2.75) is 44.4 Å². The monoisotopic (exact) mass is 436 g/mol. The molecule has 0 spiro atoms. The summed E-state index contributed by atoms with van der Waals surface area (Å²) in [5.74, 6) is 6.60. The average Bonchev–Trinajstić information content (AvgIpc) is 3.46. The molecule has 3 aromatic rings. The molecule has 2 aliphatic heterocycles. The van der Waals surface area contributed by atoms with Gasteiger partial charge in [0.05, 0.1) is 23.1 Å². The number of carbonyl (C=O) groups is 1. The van der Waals surface area contributed by atoms with E-state index < -0.39 is 31.6 Å². The van der Waals surface area contributed by atoms with E-state index in [1.807, 2.05) is 22.8 Å². The number of aromatic nitrogens is 2. The number of nitrogens with zero attached hydrogens (tertiary/aromatic N) is 3. The molecular weight excluding hydrogens is 412 g/mol. The highest BCUT2D eigenvalue weighted by Crippen LogP contribution is 2.49. The second-order valence-corrected chi connectivity index (χ2v) is 8.53. The molecule has 3 aliphatic rings. The Hall–Kier alpha value is -3.40. The van der Waals surface area contributed by atoms with Crippen molar-refractivity contribution in [3.63, 3.8) is 0 Å². The predicted molar refractivity (Wildman–Crippen MR) is 115 cm³/mol. The molecule has 1 aliphatic carbocycles. The number of benzene rings is 2. The van der Waals surface area contributed by atoms with Gasteiger partial charge in [0.1, 0.15) is 11.6 Å². The van der Waals surface area contributed by atoms with E-state index in [-0.39, 0.29) is 23.3 Å². The number of halogens is 2. The van der Waals surface area contributed by atoms with E-state index in [1.54, 1.807) is 0 Å². The van der Waals surface area contributed by atoms with Crippen molar-refractivity contribution in [1.29, 1.82) is 0 Å². The number of amides is 1. The quantitative estimate of drug-likeness (QED) is 0.548. The van der Waals surface area contributed by atoms with Crippen LogP contribution in [-0.2, 0) is 0 Å². The predicted octanol–water partition coefficient (Wildman–Crippen LogP) is 4.91. The summed E-state index contributed by atoms with van der Waals surface area (Å²) in [6.45, 7) is -5.84. The van der Waals surface area contributed by atoms with E-state index in [0.29, 0.717) is 22.8 Å². The molecular formula is C25H21F2N3O2. The van der Waals surface area contributed by atoms with E-state index >= 15 is 0 Å². The fourth-order valence-corrected chi connectivity index (χ4v) is 4.81. The summed E-state index contributed by atoms with van der Waals surface area (Å²) in [4.78, 5) is 19.0. The summed E-state index contributed by atoms with van der Waals surface area (Å²) in [7, 11) is 0. The molecule has 2 bridgehead atoms. The van der Waals surface area contributed by atoms with E-state index in [0.717, 1.165) is 16.9 Å². The lowest BCUT2D eigenvalue weighted by Crippen LogP contribution is -2.30. The van der Waals surface area contributed by atoms with Gasteiger partial charge in [0.2, 0.25) is 0 Å². The highest BCUT2D eigenvalue weighted by molar-refractivity contribution is 5.97. The van der Waals surface area contributed by atoms with Crippen molar-refractivity contribution in [3.8, 4) is 17.6 Å². The van der Waals surface area contributed by atoms with Gasteiger partial charge in [0, 0.05) is 40.6 Å². The van der Waals surface area contributed by atoms with E-state index in [4.69, 9.17) is 8.85 Å². The molecule has 0 radical (unpaired) electrons. The van der Waals surface area contributed by atoms with Gasteiger partial charge in [-0.2, -0.15) is 8.78 Å². The van der Waals surface area contributed by atoms with Gasteiger partial charge < -0.3 is 14.2 Å². The van der Waals surface area contributed by atoms with Crippen molar-refractivity contribution in [2.75, 3.05) is 6.98 Å². The van der Waals surface area contributed by atoms with Crippen LogP contribution in [0, 0.1) is 17.8 Å². The first kappa shape index (κ1) is 16.3. The first-order valence-corrected chi connectivity index (χ1v) is 10.6. The minimum Gasteiger partial charge on any atom is -0.434 e. The van der Waals surface area contributed by atoms with Crippen LogP contribution >= 0.6 is 0 Å². The van der Waals surface area contributed by atoms with Crippen LogP contribution < -0.4 is 4.74 Å². The van der Waals surface area contributed by atoms with Gasteiger partial charge >= 0.3 is 6.61 Å². The standard InChI is InChI=1S/C25H21F2N3O2/c1-29-20-13-19(22-16(24(29)31)6-3-7-21(22)32-25(26)27)30-18-12-15(5-2-4-14-8-9-14)10-11-17(18)28-23(20)30/h3,6-7,10-12,14,19-20,25H,4,8-9,13H2,1H3/t19-,20-/m1/s1/i1D3. The molecule has 0 N–H and O–H groups in total. The van der Waals surface area contributed by atoms with Gasteiger partial charge in [0.25, 0.3) is 5.91 Å². The summed E-state index contributed by atoms with van der Waals surface area (Å²) in [6, 6.07) is 8.39. The summed E-state index contributed by atoms with van der Waals surface area (Å²) in [5.41, 5.74) is 2.41. The molecule has 6 rings (SSSR count). The number of rotatable bonds is 3. The number of carbonyl (C=O) groups excluding carboxylic acids is 1. The van der Waals surface area contributed by atoms with Crippen LogP contribution in [0.15, 0.2) is 36.4 Å². The molecule has 1 aromatic heterocycles. The molecule has 2 atom stereocenters. The van der Waals surface area contributed by atoms with E-state index in [1.165, 1.54) is 31.0 Å². The second-order valence-electron chi connectivity index (χ2n) is 8.53. The van der Waals surface area contributed by atoms with Crippen LogP contribution in [0.1, 0.15) is 69.2 Å². The van der Waals surface area contributed by atoms with Crippen molar-refractivity contribution >= 4 is 16.9 Å². The number of imidazole rings is 1. The Balaban J connectivity index is 1.56. The summed E-state index contributed by atoms with van der Waals surface area (Å²) < 4.78 is 57.4. The molecule has 0 unspecified atom stereocenters. The van der Waals surface area contributed by atoms with E-state index in [2.05, 4.69) is 16.8 Å². The maximum Gasteiger partial charge on any atom is 0.387 e. The molecule has 162 valence electrons. The van der Waals surface area contributed by atoms with Gasteiger partial charge in [-0.25, -0.2) is 4.98 Å². The van der Waals surface area contributed by atoms with Gasteiger partial charge in [0.15, 0.2) is 0 Å². The zero-order chi connectivity index (χ0) is 24.5. The van der Waals surface area contributed by atoms with Crippen molar-refractivity contribution in [2.24, 2.45) is 5.92 Å². The Morgan fingerprint density at radius 1 is 1.28 bits per heavy atom. The van der Waals surface area contributed by atoms with Crippen molar-refractivity contribution < 1.29 is 22.4 Å². The highest BCUT2D eigenvalue weighted by atomic mass is 19.3. The van der Waals surface area contributed by atoms with Crippen LogP contribution in [0.3, 0.4) is 0 Å². The first-order valence-electron chi connectivity index (χ1n) is 12.1. The third kappa shape index (κ3) is 2.97. The zero-order valence-electron chi connectivity index (χ0n) is 20.0. The van der Waals surface area contributed by atoms with Crippen molar-refractivity contribution in [1.82, 2.24) is 14.5 Å². The first-order chi connectivity index (χ1) is 16.7. The average molecular weight is 436 g/mol. The molecule has 1 saturated carbocycles. The normalized spacial score (nSPS) is 23.0. The van der Waals surface area contributed by atoms with Crippen molar-refractivity contribution in [3.05, 3.63) is 58.9 Å². The number of ether oxygens (including phenoxy) is 1. The fraction of sp³-hybridized carbons (Fsp3) is 0.360. The Morgan fingerprint density at radius 2 is 2.16 bits per heavy atom. The fourth-order valence-electron chi connectivity index (χ4n) is 4.81. The number of fused-ring (bicyclic) bond motifs is 9. The summed E-state index contributed by atoms with van der Waals surface area (Å²) in [6.07, 6.45) is 3.48. The molecule has 0 saturated heterocycles. The topological polar surface area (TPSA) is 47.4 Å². The zero-order valence-corrected chi connectivity index (χ0v) is 17.0. The summed E-state index contributed by atoms with van der Waals surface area (Å²) >= 11 is 0. The smallest absolute Gasteiger partial charge is 0.387 e. The molecule has 32 heavy (non-hydrogen) atoms. The Kier molecular flexibility index (Phi) is 3.59. The van der Waals surface area contributed by atoms with Gasteiger partial charge in [-0.15, -0.1) is 0 Å². The van der Waals surface area contributed by atoms with Crippen LogP contribution in [-0.4, -0.2) is 33.9 Å². The van der Waals surface area contributed by atoms with Gasteiger partial charge in [-0.3, -0.25) is 4.79 Å². The third-order valence-electron chi connectivity index (χ3n) is 6.47. The number of hydrogen-bond acceptors (Lipinski definition) is 3. The van der Waals surface area contributed by atoms with Gasteiger partial charge in [-0.1, -0.05) is 17.9 Å². The maximum atomic E-state index is 13.4. The minimum atomic E-state index is -3.09. The molecule has 5 nitrogen and oxygen atoms in total. The molecule has 1 fully saturated rings. The minimum absolute atomic E-state index is 0.0413. The largest absolute Gasteiger partial charge is 0.434 e. The summed E-state index contributed by atoms with van der Waals surface area (Å²) in [5, 5.41) is 0. The molecule has 1 amide bonds. The maximum absolute atomic E-state index is 13.4. The Morgan fingerprint density at radius 3 is 2.94 bits per heavy atom.